The maximum absolute atomic E-state index is 13.3. The van der Waals surface area contributed by atoms with Crippen LogP contribution in [0.2, 0.25) is 0 Å². The Labute approximate surface area is 179 Å². The molecular formula is C22H24N4O3S. The highest BCUT2D eigenvalue weighted by atomic mass is 32.2. The van der Waals surface area contributed by atoms with Crippen molar-refractivity contribution in [2.24, 2.45) is 0 Å². The molecule has 2 aliphatic heterocycles. The summed E-state index contributed by atoms with van der Waals surface area (Å²) in [4.78, 5) is 40.7. The van der Waals surface area contributed by atoms with E-state index >= 15 is 0 Å². The maximum atomic E-state index is 13.3. The minimum Gasteiger partial charge on any atom is -0.350 e. The van der Waals surface area contributed by atoms with Crippen LogP contribution >= 0.6 is 11.8 Å². The summed E-state index contributed by atoms with van der Waals surface area (Å²) in [7, 11) is 1.70. The molecule has 30 heavy (non-hydrogen) atoms. The van der Waals surface area contributed by atoms with E-state index in [2.05, 4.69) is 16.0 Å². The number of amides is 3. The van der Waals surface area contributed by atoms with E-state index < -0.39 is 6.04 Å². The van der Waals surface area contributed by atoms with Gasteiger partial charge in [0.15, 0.2) is 0 Å². The lowest BCUT2D eigenvalue weighted by Gasteiger charge is -2.20. The minimum absolute atomic E-state index is 0.149. The SMILES string of the molecule is CNCC(=O)N[C@H]1C[C@H]2C(=O)Nc3ccc(-c4ccc(SC)cc4)cc3C(=O)N2C1. The molecule has 0 saturated carbocycles. The Morgan fingerprint density at radius 1 is 1.17 bits per heavy atom. The summed E-state index contributed by atoms with van der Waals surface area (Å²) in [5.41, 5.74) is 2.92. The number of carbonyl (C=O) groups excluding carboxylic acids is 3. The van der Waals surface area contributed by atoms with E-state index in [4.69, 9.17) is 0 Å². The van der Waals surface area contributed by atoms with Crippen LogP contribution in [-0.4, -0.2) is 61.1 Å². The number of thioether (sulfide) groups is 1. The molecule has 2 heterocycles. The van der Waals surface area contributed by atoms with Gasteiger partial charge in [0.1, 0.15) is 6.04 Å². The topological polar surface area (TPSA) is 90.5 Å². The van der Waals surface area contributed by atoms with Crippen LogP contribution in [0.3, 0.4) is 0 Å². The Balaban J connectivity index is 1.61. The van der Waals surface area contributed by atoms with Gasteiger partial charge in [0, 0.05) is 17.5 Å². The number of carbonyl (C=O) groups is 3. The van der Waals surface area contributed by atoms with Gasteiger partial charge in [-0.15, -0.1) is 11.8 Å². The van der Waals surface area contributed by atoms with Crippen molar-refractivity contribution in [1.82, 2.24) is 15.5 Å². The van der Waals surface area contributed by atoms with E-state index in [0.29, 0.717) is 24.2 Å². The number of benzene rings is 2. The molecule has 0 aromatic heterocycles. The Hall–Kier alpha value is -2.84. The van der Waals surface area contributed by atoms with E-state index in [0.717, 1.165) is 11.1 Å². The highest BCUT2D eigenvalue weighted by molar-refractivity contribution is 7.98. The van der Waals surface area contributed by atoms with Gasteiger partial charge in [-0.3, -0.25) is 14.4 Å². The van der Waals surface area contributed by atoms with E-state index in [-0.39, 0.29) is 30.3 Å². The summed E-state index contributed by atoms with van der Waals surface area (Å²) >= 11 is 1.67. The molecule has 7 nitrogen and oxygen atoms in total. The Bertz CT molecular complexity index is 992. The molecule has 2 aliphatic rings. The number of rotatable bonds is 5. The first kappa shape index (κ1) is 20.4. The number of nitrogens with zero attached hydrogens (tertiary/aromatic N) is 1. The molecule has 0 spiro atoms. The second-order valence-electron chi connectivity index (χ2n) is 7.48. The predicted octanol–water partition coefficient (Wildman–Crippen LogP) is 1.95. The summed E-state index contributed by atoms with van der Waals surface area (Å²) < 4.78 is 0. The van der Waals surface area contributed by atoms with Gasteiger partial charge in [-0.25, -0.2) is 0 Å². The van der Waals surface area contributed by atoms with Crippen molar-refractivity contribution >= 4 is 35.2 Å². The Kier molecular flexibility index (Phi) is 5.78. The summed E-state index contributed by atoms with van der Waals surface area (Å²) in [6, 6.07) is 12.9. The van der Waals surface area contributed by atoms with Gasteiger partial charge in [0.05, 0.1) is 17.8 Å². The van der Waals surface area contributed by atoms with Crippen molar-refractivity contribution in [3.05, 3.63) is 48.0 Å². The van der Waals surface area contributed by atoms with Crippen LogP contribution in [0.5, 0.6) is 0 Å². The molecule has 1 saturated heterocycles. The van der Waals surface area contributed by atoms with Gasteiger partial charge in [0.25, 0.3) is 5.91 Å². The fourth-order valence-corrected chi connectivity index (χ4v) is 4.43. The second-order valence-corrected chi connectivity index (χ2v) is 8.36. The number of likely N-dealkylation sites (N-methyl/N-ethyl adjacent to an activating group) is 1. The van der Waals surface area contributed by atoms with Crippen LogP contribution in [0.4, 0.5) is 5.69 Å². The van der Waals surface area contributed by atoms with Crippen LogP contribution in [-0.2, 0) is 9.59 Å². The first-order valence-electron chi connectivity index (χ1n) is 9.84. The average Bonchev–Trinajstić information content (AvgIpc) is 3.14. The first-order chi connectivity index (χ1) is 14.5. The lowest BCUT2D eigenvalue weighted by molar-refractivity contribution is -0.121. The molecule has 4 rings (SSSR count). The monoisotopic (exact) mass is 424 g/mol. The molecule has 2 aromatic rings. The number of anilines is 1. The predicted molar refractivity (Wildman–Crippen MR) is 118 cm³/mol. The van der Waals surface area contributed by atoms with Crippen LogP contribution < -0.4 is 16.0 Å². The van der Waals surface area contributed by atoms with Crippen molar-refractivity contribution in [3.8, 4) is 11.1 Å². The highest BCUT2D eigenvalue weighted by Gasteiger charge is 2.43. The maximum Gasteiger partial charge on any atom is 0.256 e. The summed E-state index contributed by atoms with van der Waals surface area (Å²) in [5, 5.41) is 8.58. The summed E-state index contributed by atoms with van der Waals surface area (Å²) in [5.74, 6) is -0.560. The van der Waals surface area contributed by atoms with Gasteiger partial charge in [-0.05, 0) is 55.1 Å². The lowest BCUT2D eigenvalue weighted by Crippen LogP contribution is -2.42. The molecule has 1 fully saturated rings. The minimum atomic E-state index is -0.589. The van der Waals surface area contributed by atoms with Crippen LogP contribution in [0, 0.1) is 0 Å². The summed E-state index contributed by atoms with van der Waals surface area (Å²) in [6.45, 7) is 0.515. The molecule has 156 valence electrons. The normalized spacial score (nSPS) is 20.3. The van der Waals surface area contributed by atoms with Gasteiger partial charge < -0.3 is 20.9 Å². The van der Waals surface area contributed by atoms with Crippen molar-refractivity contribution in [2.75, 3.05) is 31.7 Å². The van der Waals surface area contributed by atoms with Crippen LogP contribution in [0.25, 0.3) is 11.1 Å². The zero-order valence-electron chi connectivity index (χ0n) is 16.9. The van der Waals surface area contributed by atoms with Gasteiger partial charge in [-0.1, -0.05) is 18.2 Å². The van der Waals surface area contributed by atoms with Gasteiger partial charge in [0.2, 0.25) is 11.8 Å². The van der Waals surface area contributed by atoms with E-state index in [1.165, 1.54) is 4.90 Å². The van der Waals surface area contributed by atoms with Crippen molar-refractivity contribution in [1.29, 1.82) is 0 Å². The number of nitrogens with one attached hydrogen (secondary N) is 3. The number of fused-ring (bicyclic) bond motifs is 2. The van der Waals surface area contributed by atoms with Crippen molar-refractivity contribution in [2.45, 2.75) is 23.4 Å². The summed E-state index contributed by atoms with van der Waals surface area (Å²) in [6.07, 6.45) is 2.43. The average molecular weight is 425 g/mol. The zero-order valence-corrected chi connectivity index (χ0v) is 17.7. The molecule has 0 bridgehead atoms. The zero-order chi connectivity index (χ0) is 21.3. The standard InChI is InChI=1S/C22H24N4O3S/c1-23-11-20(27)24-15-10-19-21(28)25-18-8-5-14(9-17(18)22(29)26(19)12-15)13-3-6-16(30-2)7-4-13/h3-9,15,19,23H,10-12H2,1-2H3,(H,24,27)(H,25,28)/t15-,19-/m0/s1. The molecule has 2 atom stereocenters. The van der Waals surface area contributed by atoms with E-state index in [1.807, 2.05) is 42.7 Å². The lowest BCUT2D eigenvalue weighted by atomic mass is 10.0. The molecule has 3 amide bonds. The number of hydrogen-bond acceptors (Lipinski definition) is 5. The molecule has 0 unspecified atom stereocenters. The number of hydrogen-bond donors (Lipinski definition) is 3. The third kappa shape index (κ3) is 3.93. The molecule has 3 N–H and O–H groups in total. The second kappa shape index (κ2) is 8.49. The van der Waals surface area contributed by atoms with Gasteiger partial charge >= 0.3 is 0 Å². The Morgan fingerprint density at radius 3 is 2.60 bits per heavy atom. The van der Waals surface area contributed by atoms with Crippen molar-refractivity contribution < 1.29 is 14.4 Å². The van der Waals surface area contributed by atoms with Crippen molar-refractivity contribution in [3.63, 3.8) is 0 Å². The van der Waals surface area contributed by atoms with Crippen LogP contribution in [0.1, 0.15) is 16.8 Å². The molecular weight excluding hydrogens is 400 g/mol. The fraction of sp³-hybridized carbons (Fsp3) is 0.318. The molecule has 0 aliphatic carbocycles. The fourth-order valence-electron chi connectivity index (χ4n) is 4.02. The highest BCUT2D eigenvalue weighted by Crippen LogP contribution is 2.32. The Morgan fingerprint density at radius 2 is 1.90 bits per heavy atom. The molecule has 2 aromatic carbocycles. The van der Waals surface area contributed by atoms with Gasteiger partial charge in [-0.2, -0.15) is 0 Å². The largest absolute Gasteiger partial charge is 0.350 e. The first-order valence-corrected chi connectivity index (χ1v) is 11.1. The third-order valence-corrected chi connectivity index (χ3v) is 6.24. The molecule has 8 heteroatoms. The van der Waals surface area contributed by atoms with Crippen LogP contribution in [0.15, 0.2) is 47.4 Å². The quantitative estimate of drug-likeness (QED) is 0.639. The third-order valence-electron chi connectivity index (χ3n) is 5.50. The van der Waals surface area contributed by atoms with E-state index in [1.54, 1.807) is 29.8 Å². The molecule has 0 radical (unpaired) electrons. The van der Waals surface area contributed by atoms with E-state index in [9.17, 15) is 14.4 Å². The smallest absolute Gasteiger partial charge is 0.256 e.